The summed E-state index contributed by atoms with van der Waals surface area (Å²) in [6, 6.07) is 11.5. The van der Waals surface area contributed by atoms with E-state index in [0.717, 1.165) is 4.90 Å². The molecule has 3 heteroatoms. The van der Waals surface area contributed by atoms with Crippen LogP contribution in [0.15, 0.2) is 52.5 Å². The minimum absolute atomic E-state index is 0.225. The van der Waals surface area contributed by atoms with Crippen molar-refractivity contribution in [1.82, 2.24) is 4.98 Å². The highest BCUT2D eigenvalue weighted by atomic mass is 32.2. The third-order valence-corrected chi connectivity index (χ3v) is 3.00. The fraction of sp³-hybridized carbons (Fsp3) is 0.0833. The fourth-order valence-corrected chi connectivity index (χ4v) is 1.96. The lowest BCUT2D eigenvalue weighted by molar-refractivity contribution is 0.457. The predicted molar refractivity (Wildman–Crippen MR) is 61.2 cm³/mol. The number of hydrogen-bond donors (Lipinski definition) is 1. The number of rotatable bonds is 2. The molecule has 0 aliphatic heterocycles. The highest BCUT2D eigenvalue weighted by Crippen LogP contribution is 2.31. The molecule has 2 rings (SSSR count). The zero-order valence-corrected chi connectivity index (χ0v) is 9.16. The molecule has 0 unspecified atom stereocenters. The van der Waals surface area contributed by atoms with Gasteiger partial charge in [0.15, 0.2) is 0 Å². The summed E-state index contributed by atoms with van der Waals surface area (Å²) >= 11 is 1.46. The van der Waals surface area contributed by atoms with Crippen LogP contribution in [0.25, 0.3) is 0 Å². The molecule has 1 heterocycles. The van der Waals surface area contributed by atoms with E-state index in [4.69, 9.17) is 0 Å². The van der Waals surface area contributed by atoms with Gasteiger partial charge in [0.2, 0.25) is 0 Å². The molecule has 1 aromatic heterocycles. The largest absolute Gasteiger partial charge is 0.505 e. The summed E-state index contributed by atoms with van der Waals surface area (Å²) in [4.78, 5) is 5.19. The SMILES string of the molecule is Cc1ccc(Sc2ncccc2O)cc1. The van der Waals surface area contributed by atoms with E-state index >= 15 is 0 Å². The Bertz CT molecular complexity index is 453. The van der Waals surface area contributed by atoms with E-state index in [1.54, 1.807) is 18.3 Å². The van der Waals surface area contributed by atoms with Gasteiger partial charge in [-0.25, -0.2) is 4.98 Å². The van der Waals surface area contributed by atoms with Crippen molar-refractivity contribution in [2.75, 3.05) is 0 Å². The average molecular weight is 217 g/mol. The molecule has 1 N–H and O–H groups in total. The van der Waals surface area contributed by atoms with Crippen molar-refractivity contribution in [3.63, 3.8) is 0 Å². The standard InChI is InChI=1S/C12H11NOS/c1-9-4-6-10(7-5-9)15-12-11(14)3-2-8-13-12/h2-8,14H,1H3. The first-order valence-electron chi connectivity index (χ1n) is 4.64. The molecule has 0 aliphatic rings. The first-order chi connectivity index (χ1) is 7.25. The highest BCUT2D eigenvalue weighted by molar-refractivity contribution is 7.99. The lowest BCUT2D eigenvalue weighted by Crippen LogP contribution is -1.80. The van der Waals surface area contributed by atoms with Gasteiger partial charge in [0.05, 0.1) is 0 Å². The summed E-state index contributed by atoms with van der Waals surface area (Å²) in [5.74, 6) is 0.225. The van der Waals surface area contributed by atoms with Crippen LogP contribution in [0, 0.1) is 6.92 Å². The van der Waals surface area contributed by atoms with Crippen LogP contribution >= 0.6 is 11.8 Å². The second kappa shape index (κ2) is 4.36. The fourth-order valence-electron chi connectivity index (χ4n) is 1.18. The summed E-state index contributed by atoms with van der Waals surface area (Å²) in [7, 11) is 0. The van der Waals surface area contributed by atoms with Crippen LogP contribution in [0.4, 0.5) is 0 Å². The maximum absolute atomic E-state index is 9.54. The molecule has 0 fully saturated rings. The predicted octanol–water partition coefficient (Wildman–Crippen LogP) is 3.25. The minimum Gasteiger partial charge on any atom is -0.505 e. The summed E-state index contributed by atoms with van der Waals surface area (Å²) in [6.07, 6.45) is 1.68. The van der Waals surface area contributed by atoms with Crippen molar-refractivity contribution in [2.45, 2.75) is 16.8 Å². The van der Waals surface area contributed by atoms with Gasteiger partial charge in [-0.1, -0.05) is 29.5 Å². The second-order valence-corrected chi connectivity index (χ2v) is 4.31. The molecule has 0 saturated carbocycles. The van der Waals surface area contributed by atoms with Crippen LogP contribution in [0.5, 0.6) is 5.75 Å². The maximum Gasteiger partial charge on any atom is 0.148 e. The Morgan fingerprint density at radius 2 is 1.87 bits per heavy atom. The molecule has 0 bridgehead atoms. The normalized spacial score (nSPS) is 10.2. The summed E-state index contributed by atoms with van der Waals surface area (Å²) in [5.41, 5.74) is 1.23. The molecule has 0 saturated heterocycles. The van der Waals surface area contributed by atoms with Gasteiger partial charge in [0.25, 0.3) is 0 Å². The zero-order chi connectivity index (χ0) is 10.7. The van der Waals surface area contributed by atoms with E-state index in [0.29, 0.717) is 5.03 Å². The third-order valence-electron chi connectivity index (χ3n) is 1.99. The number of aryl methyl sites for hydroxylation is 1. The zero-order valence-electron chi connectivity index (χ0n) is 8.34. The van der Waals surface area contributed by atoms with E-state index in [-0.39, 0.29) is 5.75 Å². The number of aromatic hydroxyl groups is 1. The van der Waals surface area contributed by atoms with E-state index < -0.39 is 0 Å². The van der Waals surface area contributed by atoms with Gasteiger partial charge in [0.1, 0.15) is 10.8 Å². The number of pyridine rings is 1. The van der Waals surface area contributed by atoms with E-state index in [1.807, 2.05) is 31.2 Å². The first kappa shape index (κ1) is 10.1. The maximum atomic E-state index is 9.54. The monoisotopic (exact) mass is 217 g/mol. The molecule has 0 aliphatic carbocycles. The molecule has 0 atom stereocenters. The van der Waals surface area contributed by atoms with E-state index in [2.05, 4.69) is 4.98 Å². The molecule has 0 radical (unpaired) electrons. The summed E-state index contributed by atoms with van der Waals surface area (Å²) < 4.78 is 0. The van der Waals surface area contributed by atoms with Crippen LogP contribution < -0.4 is 0 Å². The Morgan fingerprint density at radius 1 is 1.13 bits per heavy atom. The van der Waals surface area contributed by atoms with Crippen LogP contribution in [0.3, 0.4) is 0 Å². The highest BCUT2D eigenvalue weighted by Gasteiger charge is 2.03. The van der Waals surface area contributed by atoms with Crippen LogP contribution in [0.1, 0.15) is 5.56 Å². The van der Waals surface area contributed by atoms with Gasteiger partial charge in [-0.2, -0.15) is 0 Å². The molecule has 1 aromatic carbocycles. The van der Waals surface area contributed by atoms with Gasteiger partial charge < -0.3 is 5.11 Å². The number of nitrogens with zero attached hydrogens (tertiary/aromatic N) is 1. The molecular formula is C12H11NOS. The molecule has 76 valence electrons. The first-order valence-corrected chi connectivity index (χ1v) is 5.46. The van der Waals surface area contributed by atoms with Crippen molar-refractivity contribution >= 4 is 11.8 Å². The molecule has 2 nitrogen and oxygen atoms in total. The van der Waals surface area contributed by atoms with Crippen molar-refractivity contribution in [1.29, 1.82) is 0 Å². The number of hydrogen-bond acceptors (Lipinski definition) is 3. The van der Waals surface area contributed by atoms with Gasteiger partial charge in [-0.3, -0.25) is 0 Å². The lowest BCUT2D eigenvalue weighted by Gasteiger charge is -2.02. The molecule has 2 aromatic rings. The Balaban J connectivity index is 2.22. The van der Waals surface area contributed by atoms with Gasteiger partial charge in [-0.05, 0) is 31.2 Å². The van der Waals surface area contributed by atoms with E-state index in [1.165, 1.54) is 17.3 Å². The Kier molecular flexibility index (Phi) is 2.92. The lowest BCUT2D eigenvalue weighted by atomic mass is 10.2. The van der Waals surface area contributed by atoms with Gasteiger partial charge in [0, 0.05) is 11.1 Å². The third kappa shape index (κ3) is 2.50. The van der Waals surface area contributed by atoms with Crippen LogP contribution in [-0.2, 0) is 0 Å². The minimum atomic E-state index is 0.225. The quantitative estimate of drug-likeness (QED) is 0.838. The Hall–Kier alpha value is -1.48. The smallest absolute Gasteiger partial charge is 0.148 e. The number of benzene rings is 1. The van der Waals surface area contributed by atoms with E-state index in [9.17, 15) is 5.11 Å². The average Bonchev–Trinajstić information content (AvgIpc) is 2.25. The molecular weight excluding hydrogens is 206 g/mol. The summed E-state index contributed by atoms with van der Waals surface area (Å²) in [5, 5.41) is 10.2. The van der Waals surface area contributed by atoms with Crippen molar-refractivity contribution in [3.8, 4) is 5.75 Å². The number of aromatic nitrogens is 1. The van der Waals surface area contributed by atoms with Crippen LogP contribution in [-0.4, -0.2) is 10.1 Å². The topological polar surface area (TPSA) is 33.1 Å². The van der Waals surface area contributed by atoms with Crippen molar-refractivity contribution in [2.24, 2.45) is 0 Å². The molecule has 0 spiro atoms. The second-order valence-electron chi connectivity index (χ2n) is 3.24. The van der Waals surface area contributed by atoms with Crippen LogP contribution in [0.2, 0.25) is 0 Å². The van der Waals surface area contributed by atoms with Gasteiger partial charge >= 0.3 is 0 Å². The van der Waals surface area contributed by atoms with Crippen molar-refractivity contribution < 1.29 is 5.11 Å². The Morgan fingerprint density at radius 3 is 2.53 bits per heavy atom. The molecule has 15 heavy (non-hydrogen) atoms. The van der Waals surface area contributed by atoms with Crippen molar-refractivity contribution in [3.05, 3.63) is 48.2 Å². The summed E-state index contributed by atoms with van der Waals surface area (Å²) in [6.45, 7) is 2.05. The Labute approximate surface area is 93.0 Å². The molecule has 0 amide bonds. The van der Waals surface area contributed by atoms with Gasteiger partial charge in [-0.15, -0.1) is 0 Å².